The van der Waals surface area contributed by atoms with Crippen LogP contribution in [0.15, 0.2) is 30.3 Å². The quantitative estimate of drug-likeness (QED) is 0.683. The molecule has 0 spiro atoms. The highest BCUT2D eigenvalue weighted by Crippen LogP contribution is 2.03. The molecule has 0 aliphatic rings. The van der Waals surface area contributed by atoms with Gasteiger partial charge in [0.2, 0.25) is 5.91 Å². The molecule has 1 amide bonds. The summed E-state index contributed by atoms with van der Waals surface area (Å²) in [6.45, 7) is 2.88. The van der Waals surface area contributed by atoms with Crippen LogP contribution in [0.3, 0.4) is 0 Å². The van der Waals surface area contributed by atoms with E-state index >= 15 is 0 Å². The van der Waals surface area contributed by atoms with Crippen LogP contribution in [0, 0.1) is 0 Å². The first-order chi connectivity index (χ1) is 7.06. The summed E-state index contributed by atoms with van der Waals surface area (Å²) in [5.41, 5.74) is 0.843. The van der Waals surface area contributed by atoms with Gasteiger partial charge in [-0.3, -0.25) is 4.79 Å². The lowest BCUT2D eigenvalue weighted by atomic mass is 10.3. The molecule has 0 heterocycles. The van der Waals surface area contributed by atoms with Crippen molar-refractivity contribution in [3.8, 4) is 0 Å². The average Bonchev–Trinajstić information content (AvgIpc) is 2.19. The van der Waals surface area contributed by atoms with Gasteiger partial charge < -0.3 is 15.5 Å². The Hall–Kier alpha value is -1.39. The third kappa shape index (κ3) is 8.93. The summed E-state index contributed by atoms with van der Waals surface area (Å²) < 4.78 is 0. The number of carbonyl (C=O) groups excluding carboxylic acids is 1. The van der Waals surface area contributed by atoms with E-state index in [1.165, 1.54) is 13.8 Å². The largest absolute Gasteiger partial charge is 0.394 e. The predicted molar refractivity (Wildman–Crippen MR) is 59.5 cm³/mol. The summed E-state index contributed by atoms with van der Waals surface area (Å²) in [5, 5.41) is 18.7. The van der Waals surface area contributed by atoms with Crippen LogP contribution in [0.25, 0.3) is 0 Å². The Balaban J connectivity index is 0.000000336. The molecule has 0 radical (unpaired) electrons. The molecule has 0 aliphatic carbocycles. The molecular formula is C11H17NO3. The second kappa shape index (κ2) is 7.96. The standard InChI is InChI=1S/C8H9NO.C3H8O2/c1-7(10)9-8-5-3-2-4-6-8;1-3(5)2-4/h2-6H,1H3,(H,9,10);3-5H,2H2,1H3. The molecule has 0 saturated heterocycles. The van der Waals surface area contributed by atoms with Crippen molar-refractivity contribution in [1.82, 2.24) is 0 Å². The van der Waals surface area contributed by atoms with Crippen LogP contribution < -0.4 is 5.32 Å². The fraction of sp³-hybridized carbons (Fsp3) is 0.364. The van der Waals surface area contributed by atoms with Crippen molar-refractivity contribution >= 4 is 11.6 Å². The number of hydrogen-bond donors (Lipinski definition) is 3. The molecule has 84 valence electrons. The zero-order chi connectivity index (χ0) is 11.7. The van der Waals surface area contributed by atoms with Crippen molar-refractivity contribution < 1.29 is 15.0 Å². The van der Waals surface area contributed by atoms with Crippen molar-refractivity contribution in [2.24, 2.45) is 0 Å². The summed E-state index contributed by atoms with van der Waals surface area (Å²) in [4.78, 5) is 10.5. The maximum atomic E-state index is 10.5. The molecule has 0 saturated carbocycles. The molecule has 0 aromatic heterocycles. The zero-order valence-corrected chi connectivity index (χ0v) is 8.97. The lowest BCUT2D eigenvalue weighted by molar-refractivity contribution is -0.114. The summed E-state index contributed by atoms with van der Waals surface area (Å²) >= 11 is 0. The number of amides is 1. The molecular weight excluding hydrogens is 194 g/mol. The summed E-state index contributed by atoms with van der Waals surface area (Å²) in [7, 11) is 0. The van der Waals surface area contributed by atoms with Gasteiger partial charge in [0.15, 0.2) is 0 Å². The zero-order valence-electron chi connectivity index (χ0n) is 8.97. The van der Waals surface area contributed by atoms with Gasteiger partial charge in [-0.2, -0.15) is 0 Å². The molecule has 1 atom stereocenters. The van der Waals surface area contributed by atoms with E-state index in [2.05, 4.69) is 5.32 Å². The Morgan fingerprint density at radius 3 is 2.20 bits per heavy atom. The van der Waals surface area contributed by atoms with E-state index in [1.807, 2.05) is 30.3 Å². The SMILES string of the molecule is CC(=O)Nc1ccccc1.CC(O)CO. The van der Waals surface area contributed by atoms with E-state index in [-0.39, 0.29) is 12.5 Å². The minimum Gasteiger partial charge on any atom is -0.394 e. The number of aliphatic hydroxyl groups excluding tert-OH is 2. The molecule has 1 aromatic rings. The molecule has 1 rings (SSSR count). The van der Waals surface area contributed by atoms with Gasteiger partial charge in [0.1, 0.15) is 0 Å². The summed E-state index contributed by atoms with van der Waals surface area (Å²) in [6, 6.07) is 9.37. The number of nitrogens with one attached hydrogen (secondary N) is 1. The molecule has 1 aromatic carbocycles. The summed E-state index contributed by atoms with van der Waals surface area (Å²) in [6.07, 6.45) is -0.560. The number of rotatable bonds is 2. The Morgan fingerprint density at radius 2 is 1.87 bits per heavy atom. The molecule has 0 aliphatic heterocycles. The minimum atomic E-state index is -0.560. The van der Waals surface area contributed by atoms with Gasteiger partial charge in [0.25, 0.3) is 0 Å². The van der Waals surface area contributed by atoms with Crippen LogP contribution >= 0.6 is 0 Å². The van der Waals surface area contributed by atoms with Crippen molar-refractivity contribution in [1.29, 1.82) is 0 Å². The maximum Gasteiger partial charge on any atom is 0.221 e. The van der Waals surface area contributed by atoms with Crippen molar-refractivity contribution in [3.05, 3.63) is 30.3 Å². The highest BCUT2D eigenvalue weighted by Gasteiger charge is 1.90. The smallest absolute Gasteiger partial charge is 0.221 e. The number of aliphatic hydroxyl groups is 2. The van der Waals surface area contributed by atoms with Gasteiger partial charge in [-0.1, -0.05) is 18.2 Å². The van der Waals surface area contributed by atoms with Crippen LogP contribution in [0.1, 0.15) is 13.8 Å². The van der Waals surface area contributed by atoms with Crippen LogP contribution in [-0.4, -0.2) is 28.8 Å². The topological polar surface area (TPSA) is 69.6 Å². The molecule has 4 nitrogen and oxygen atoms in total. The Kier molecular flexibility index (Phi) is 7.23. The fourth-order valence-electron chi connectivity index (χ4n) is 0.725. The minimum absolute atomic E-state index is 0.0359. The normalized spacial score (nSPS) is 10.9. The lowest BCUT2D eigenvalue weighted by Crippen LogP contribution is -2.04. The average molecular weight is 211 g/mol. The van der Waals surface area contributed by atoms with Crippen molar-refractivity contribution in [2.75, 3.05) is 11.9 Å². The van der Waals surface area contributed by atoms with Crippen LogP contribution in [0.4, 0.5) is 5.69 Å². The highest BCUT2D eigenvalue weighted by molar-refractivity contribution is 5.88. The van der Waals surface area contributed by atoms with E-state index in [9.17, 15) is 4.79 Å². The van der Waals surface area contributed by atoms with Crippen LogP contribution in [-0.2, 0) is 4.79 Å². The van der Waals surface area contributed by atoms with E-state index in [1.54, 1.807) is 0 Å². The van der Waals surface area contributed by atoms with Crippen LogP contribution in [0.5, 0.6) is 0 Å². The van der Waals surface area contributed by atoms with Crippen molar-refractivity contribution in [2.45, 2.75) is 20.0 Å². The first kappa shape index (κ1) is 13.6. The van der Waals surface area contributed by atoms with Gasteiger partial charge in [-0.15, -0.1) is 0 Å². The number of carbonyl (C=O) groups is 1. The van der Waals surface area contributed by atoms with Crippen molar-refractivity contribution in [3.63, 3.8) is 0 Å². The molecule has 4 heteroatoms. The van der Waals surface area contributed by atoms with E-state index < -0.39 is 6.10 Å². The second-order valence-electron chi connectivity index (χ2n) is 3.08. The van der Waals surface area contributed by atoms with E-state index in [4.69, 9.17) is 10.2 Å². The third-order valence-corrected chi connectivity index (χ3v) is 1.36. The molecule has 15 heavy (non-hydrogen) atoms. The predicted octanol–water partition coefficient (Wildman–Crippen LogP) is 1.00. The van der Waals surface area contributed by atoms with Gasteiger partial charge >= 0.3 is 0 Å². The fourth-order valence-corrected chi connectivity index (χ4v) is 0.725. The molecule has 0 bridgehead atoms. The lowest BCUT2D eigenvalue weighted by Gasteiger charge is -1.98. The Bertz CT molecular complexity index is 272. The monoisotopic (exact) mass is 211 g/mol. The van der Waals surface area contributed by atoms with Gasteiger partial charge in [-0.25, -0.2) is 0 Å². The Labute approximate surface area is 89.6 Å². The molecule has 0 fully saturated rings. The number of para-hydroxylation sites is 1. The first-order valence-electron chi connectivity index (χ1n) is 4.67. The van der Waals surface area contributed by atoms with Gasteiger partial charge in [-0.05, 0) is 19.1 Å². The number of benzene rings is 1. The van der Waals surface area contributed by atoms with E-state index in [0.29, 0.717) is 0 Å². The number of hydrogen-bond acceptors (Lipinski definition) is 3. The van der Waals surface area contributed by atoms with Gasteiger partial charge in [0, 0.05) is 12.6 Å². The summed E-state index contributed by atoms with van der Waals surface area (Å²) in [5.74, 6) is -0.0359. The Morgan fingerprint density at radius 1 is 1.40 bits per heavy atom. The maximum absolute atomic E-state index is 10.5. The first-order valence-corrected chi connectivity index (χ1v) is 4.67. The number of anilines is 1. The van der Waals surface area contributed by atoms with E-state index in [0.717, 1.165) is 5.69 Å². The van der Waals surface area contributed by atoms with Gasteiger partial charge in [0.05, 0.1) is 12.7 Å². The molecule has 3 N–H and O–H groups in total. The van der Waals surface area contributed by atoms with Crippen LogP contribution in [0.2, 0.25) is 0 Å². The molecule has 1 unspecified atom stereocenters. The second-order valence-corrected chi connectivity index (χ2v) is 3.08. The third-order valence-electron chi connectivity index (χ3n) is 1.36. The highest BCUT2D eigenvalue weighted by atomic mass is 16.3.